The number of pyridine rings is 1. The number of halogens is 3. The van der Waals surface area contributed by atoms with Crippen molar-refractivity contribution in [3.05, 3.63) is 52.7 Å². The molecule has 1 aromatic carbocycles. The molecule has 1 aromatic heterocycles. The number of carbonyl (C=O) groups excluding carboxylic acids is 1. The first-order valence-electron chi connectivity index (χ1n) is 7.73. The van der Waals surface area contributed by atoms with Crippen molar-refractivity contribution in [2.45, 2.75) is 38.8 Å². The van der Waals surface area contributed by atoms with Crippen LogP contribution in [0.2, 0.25) is 0 Å². The highest BCUT2D eigenvalue weighted by molar-refractivity contribution is 5.95. The van der Waals surface area contributed by atoms with E-state index in [4.69, 9.17) is 4.74 Å². The molecule has 24 heavy (non-hydrogen) atoms. The van der Waals surface area contributed by atoms with Crippen LogP contribution in [0.4, 0.5) is 13.2 Å². The predicted octanol–water partition coefficient (Wildman–Crippen LogP) is 4.97. The highest BCUT2D eigenvalue weighted by Gasteiger charge is 2.31. The van der Waals surface area contributed by atoms with Gasteiger partial charge in [-0.05, 0) is 56.4 Å². The van der Waals surface area contributed by atoms with Gasteiger partial charge in [-0.1, -0.05) is 6.07 Å². The molecule has 0 atom stereocenters. The average molecular weight is 335 g/mol. The lowest BCUT2D eigenvalue weighted by molar-refractivity contribution is -0.137. The summed E-state index contributed by atoms with van der Waals surface area (Å²) in [7, 11) is 0. The lowest BCUT2D eigenvalue weighted by Gasteiger charge is -2.21. The second kappa shape index (κ2) is 6.26. The molecular formula is C18H16F3NO2. The van der Waals surface area contributed by atoms with Crippen molar-refractivity contribution < 1.29 is 22.7 Å². The molecule has 1 heterocycles. The van der Waals surface area contributed by atoms with E-state index >= 15 is 0 Å². The zero-order chi connectivity index (χ0) is 17.3. The molecule has 6 heteroatoms. The molecule has 2 aromatic rings. The molecule has 0 unspecified atom stereocenters. The van der Waals surface area contributed by atoms with Gasteiger partial charge in [-0.25, -0.2) is 4.98 Å². The number of ketones is 1. The SMILES string of the molecule is CC(=O)c1cnc(Oc2cccc(C(F)(F)F)c2)c2c1CCCC2. The summed E-state index contributed by atoms with van der Waals surface area (Å²) in [4.78, 5) is 15.9. The minimum absolute atomic E-state index is 0.0636. The van der Waals surface area contributed by atoms with Crippen LogP contribution in [0.3, 0.4) is 0 Å². The van der Waals surface area contributed by atoms with E-state index in [9.17, 15) is 18.0 Å². The van der Waals surface area contributed by atoms with Gasteiger partial charge >= 0.3 is 6.18 Å². The van der Waals surface area contributed by atoms with Gasteiger partial charge in [-0.2, -0.15) is 13.2 Å². The standard InChI is InChI=1S/C18H16F3NO2/c1-11(23)16-10-22-17(15-8-3-2-7-14(15)16)24-13-6-4-5-12(9-13)18(19,20)21/h4-6,9-10H,2-3,7-8H2,1H3. The normalized spacial score (nSPS) is 14.2. The van der Waals surface area contributed by atoms with Gasteiger partial charge in [0, 0.05) is 17.3 Å². The highest BCUT2D eigenvalue weighted by Crippen LogP contribution is 2.35. The Morgan fingerprint density at radius 1 is 1.17 bits per heavy atom. The molecule has 0 fully saturated rings. The van der Waals surface area contributed by atoms with E-state index in [2.05, 4.69) is 4.98 Å². The molecule has 0 amide bonds. The fraction of sp³-hybridized carbons (Fsp3) is 0.333. The van der Waals surface area contributed by atoms with Crippen LogP contribution in [-0.2, 0) is 19.0 Å². The number of hydrogen-bond donors (Lipinski definition) is 0. The Labute approximate surface area is 137 Å². The number of alkyl halides is 3. The van der Waals surface area contributed by atoms with Gasteiger partial charge in [0.1, 0.15) is 5.75 Å². The summed E-state index contributed by atoms with van der Waals surface area (Å²) in [6.07, 6.45) is 0.402. The topological polar surface area (TPSA) is 39.2 Å². The third-order valence-electron chi connectivity index (χ3n) is 4.12. The zero-order valence-electron chi connectivity index (χ0n) is 13.1. The summed E-state index contributed by atoms with van der Waals surface area (Å²) in [6.45, 7) is 1.49. The number of benzene rings is 1. The van der Waals surface area contributed by atoms with Crippen LogP contribution in [0.15, 0.2) is 30.5 Å². The van der Waals surface area contributed by atoms with E-state index in [1.165, 1.54) is 25.3 Å². The van der Waals surface area contributed by atoms with E-state index in [-0.39, 0.29) is 17.4 Å². The molecule has 1 aliphatic rings. The predicted molar refractivity (Wildman–Crippen MR) is 82.4 cm³/mol. The summed E-state index contributed by atoms with van der Waals surface area (Å²) >= 11 is 0. The van der Waals surface area contributed by atoms with Crippen LogP contribution < -0.4 is 4.74 Å². The number of nitrogens with zero attached hydrogens (tertiary/aromatic N) is 1. The van der Waals surface area contributed by atoms with Crippen molar-refractivity contribution in [1.82, 2.24) is 4.98 Å². The number of carbonyl (C=O) groups is 1. The van der Waals surface area contributed by atoms with Gasteiger partial charge in [0.2, 0.25) is 5.88 Å². The number of hydrogen-bond acceptors (Lipinski definition) is 3. The van der Waals surface area contributed by atoms with Crippen molar-refractivity contribution in [1.29, 1.82) is 0 Å². The maximum atomic E-state index is 12.8. The second-order valence-corrected chi connectivity index (χ2v) is 5.83. The molecule has 0 aliphatic heterocycles. The second-order valence-electron chi connectivity index (χ2n) is 5.83. The van der Waals surface area contributed by atoms with Crippen LogP contribution in [0.25, 0.3) is 0 Å². The van der Waals surface area contributed by atoms with Crippen molar-refractivity contribution in [2.24, 2.45) is 0 Å². The summed E-state index contributed by atoms with van der Waals surface area (Å²) in [5.41, 5.74) is 1.53. The van der Waals surface area contributed by atoms with E-state index in [1.54, 1.807) is 0 Å². The molecule has 0 bridgehead atoms. The van der Waals surface area contributed by atoms with Crippen LogP contribution in [0.5, 0.6) is 11.6 Å². The summed E-state index contributed by atoms with van der Waals surface area (Å²) in [5, 5.41) is 0. The third kappa shape index (κ3) is 3.27. The Balaban J connectivity index is 1.98. The Morgan fingerprint density at radius 3 is 2.54 bits per heavy atom. The largest absolute Gasteiger partial charge is 0.439 e. The Hall–Kier alpha value is -2.37. The first kappa shape index (κ1) is 16.5. The maximum Gasteiger partial charge on any atom is 0.416 e. The minimum Gasteiger partial charge on any atom is -0.439 e. The summed E-state index contributed by atoms with van der Waals surface area (Å²) in [6, 6.07) is 4.71. The van der Waals surface area contributed by atoms with Gasteiger partial charge in [0.15, 0.2) is 5.78 Å². The number of rotatable bonds is 3. The minimum atomic E-state index is -4.43. The molecule has 0 spiro atoms. The van der Waals surface area contributed by atoms with Crippen molar-refractivity contribution in [3.8, 4) is 11.6 Å². The number of ether oxygens (including phenoxy) is 1. The summed E-state index contributed by atoms with van der Waals surface area (Å²) in [5.74, 6) is 0.306. The number of fused-ring (bicyclic) bond motifs is 1. The van der Waals surface area contributed by atoms with Crippen LogP contribution >= 0.6 is 0 Å². The zero-order valence-corrected chi connectivity index (χ0v) is 13.1. The number of Topliss-reactive ketones (excluding diaryl/α,β-unsaturated/α-hetero) is 1. The van der Waals surface area contributed by atoms with E-state index in [1.807, 2.05) is 0 Å². The Bertz CT molecular complexity index is 784. The van der Waals surface area contributed by atoms with Gasteiger partial charge in [-0.3, -0.25) is 4.79 Å². The van der Waals surface area contributed by atoms with Crippen molar-refractivity contribution >= 4 is 5.78 Å². The lowest BCUT2D eigenvalue weighted by Crippen LogP contribution is -2.12. The third-order valence-corrected chi connectivity index (χ3v) is 4.12. The molecule has 126 valence electrons. The number of aromatic nitrogens is 1. The Morgan fingerprint density at radius 2 is 1.88 bits per heavy atom. The first-order valence-corrected chi connectivity index (χ1v) is 7.73. The summed E-state index contributed by atoms with van der Waals surface area (Å²) < 4.78 is 44.1. The molecule has 0 saturated heterocycles. The quantitative estimate of drug-likeness (QED) is 0.743. The van der Waals surface area contributed by atoms with E-state index in [0.717, 1.165) is 42.5 Å². The highest BCUT2D eigenvalue weighted by atomic mass is 19.4. The van der Waals surface area contributed by atoms with Crippen molar-refractivity contribution in [2.75, 3.05) is 0 Å². The maximum absolute atomic E-state index is 12.8. The fourth-order valence-corrected chi connectivity index (χ4v) is 2.96. The van der Waals surface area contributed by atoms with Gasteiger partial charge in [0.05, 0.1) is 5.56 Å². The van der Waals surface area contributed by atoms with E-state index in [0.29, 0.717) is 12.0 Å². The molecule has 0 radical (unpaired) electrons. The molecular weight excluding hydrogens is 319 g/mol. The van der Waals surface area contributed by atoms with Gasteiger partial charge < -0.3 is 4.74 Å². The Kier molecular flexibility index (Phi) is 4.30. The van der Waals surface area contributed by atoms with Crippen LogP contribution in [0, 0.1) is 0 Å². The molecule has 3 nitrogen and oxygen atoms in total. The van der Waals surface area contributed by atoms with Crippen molar-refractivity contribution in [3.63, 3.8) is 0 Å². The molecule has 3 rings (SSSR count). The average Bonchev–Trinajstić information content (AvgIpc) is 2.54. The monoisotopic (exact) mass is 335 g/mol. The van der Waals surface area contributed by atoms with Gasteiger partial charge in [-0.15, -0.1) is 0 Å². The van der Waals surface area contributed by atoms with Crippen LogP contribution in [0.1, 0.15) is 46.8 Å². The van der Waals surface area contributed by atoms with Gasteiger partial charge in [0.25, 0.3) is 0 Å². The first-order chi connectivity index (χ1) is 11.4. The molecule has 0 N–H and O–H groups in total. The molecule has 1 aliphatic carbocycles. The van der Waals surface area contributed by atoms with Crippen LogP contribution in [-0.4, -0.2) is 10.8 Å². The van der Waals surface area contributed by atoms with E-state index < -0.39 is 11.7 Å². The smallest absolute Gasteiger partial charge is 0.416 e. The molecule has 0 saturated carbocycles. The fourth-order valence-electron chi connectivity index (χ4n) is 2.96. The lowest BCUT2D eigenvalue weighted by atomic mass is 9.88.